The topological polar surface area (TPSA) is 68.9 Å². The molecule has 0 fully saturated rings. The molecule has 5 nitrogen and oxygen atoms in total. The van der Waals surface area contributed by atoms with Gasteiger partial charge in [0.25, 0.3) is 0 Å². The van der Waals surface area contributed by atoms with Crippen LogP contribution in [0.25, 0.3) is 0 Å². The van der Waals surface area contributed by atoms with Crippen LogP contribution in [0.1, 0.15) is 6.92 Å². The number of rotatable bonds is 5. The zero-order valence-corrected chi connectivity index (χ0v) is 13.8. The average molecular weight is 419 g/mol. The fourth-order valence-corrected chi connectivity index (χ4v) is 1.23. The molecule has 0 saturated heterocycles. The van der Waals surface area contributed by atoms with E-state index in [9.17, 15) is 13.2 Å². The quantitative estimate of drug-likeness (QED) is 0.438. The van der Waals surface area contributed by atoms with Crippen LogP contribution < -0.4 is 15.8 Å². The third-order valence-electron chi connectivity index (χ3n) is 2.28. The number of hydrogen-bond acceptors (Lipinski definition) is 3. The van der Waals surface area contributed by atoms with Crippen LogP contribution in [0.15, 0.2) is 29.3 Å². The van der Waals surface area contributed by atoms with E-state index >= 15 is 0 Å². The average Bonchev–Trinajstić information content (AvgIpc) is 2.36. The van der Waals surface area contributed by atoms with Gasteiger partial charge in [-0.15, -0.1) is 37.1 Å². The molecular formula is C12H17F3IN3O2. The number of guanidine groups is 1. The van der Waals surface area contributed by atoms with Crippen molar-refractivity contribution in [3.05, 3.63) is 24.3 Å². The van der Waals surface area contributed by atoms with Gasteiger partial charge in [-0.05, 0) is 31.2 Å². The van der Waals surface area contributed by atoms with Crippen LogP contribution in [0, 0.1) is 0 Å². The molecule has 9 heteroatoms. The van der Waals surface area contributed by atoms with Crippen molar-refractivity contribution in [2.45, 2.75) is 19.4 Å². The summed E-state index contributed by atoms with van der Waals surface area (Å²) >= 11 is 0. The fraction of sp³-hybridized carbons (Fsp3) is 0.417. The zero-order chi connectivity index (χ0) is 15.2. The minimum absolute atomic E-state index is 0. The number of nitrogens with two attached hydrogens (primary N) is 1. The highest BCUT2D eigenvalue weighted by molar-refractivity contribution is 14.0. The minimum atomic E-state index is -4.70. The molecule has 0 aliphatic rings. The molecule has 1 unspecified atom stereocenters. The van der Waals surface area contributed by atoms with Crippen molar-refractivity contribution in [1.29, 1.82) is 0 Å². The molecule has 0 radical (unpaired) electrons. The Bertz CT molecular complexity index is 452. The summed E-state index contributed by atoms with van der Waals surface area (Å²) in [6.07, 6.45) is -4.77. The van der Waals surface area contributed by atoms with Crippen LogP contribution in [-0.2, 0) is 4.74 Å². The second-order valence-corrected chi connectivity index (χ2v) is 3.97. The number of hydrogen-bond donors (Lipinski definition) is 2. The van der Waals surface area contributed by atoms with Gasteiger partial charge in [-0.25, -0.2) is 0 Å². The summed E-state index contributed by atoms with van der Waals surface area (Å²) in [7, 11) is 1.56. The molecule has 0 aromatic heterocycles. The Morgan fingerprint density at radius 2 is 1.90 bits per heavy atom. The normalized spacial score (nSPS) is 13.3. The molecule has 1 aromatic rings. The first-order valence-electron chi connectivity index (χ1n) is 5.75. The zero-order valence-electron chi connectivity index (χ0n) is 11.5. The second-order valence-electron chi connectivity index (χ2n) is 3.97. The maximum absolute atomic E-state index is 12.0. The number of benzene rings is 1. The molecule has 120 valence electrons. The first-order valence-corrected chi connectivity index (χ1v) is 5.75. The molecule has 0 amide bonds. The van der Waals surface area contributed by atoms with Gasteiger partial charge in [0.2, 0.25) is 0 Å². The van der Waals surface area contributed by atoms with Gasteiger partial charge in [-0.2, -0.15) is 0 Å². The van der Waals surface area contributed by atoms with Gasteiger partial charge in [0.05, 0.1) is 12.6 Å². The first-order chi connectivity index (χ1) is 9.30. The number of methoxy groups -OCH3 is 1. The summed E-state index contributed by atoms with van der Waals surface area (Å²) < 4.78 is 44.7. The fourth-order valence-electron chi connectivity index (χ4n) is 1.23. The lowest BCUT2D eigenvalue weighted by atomic mass is 10.3. The number of halogens is 4. The van der Waals surface area contributed by atoms with Crippen LogP contribution in [0.5, 0.6) is 5.75 Å². The van der Waals surface area contributed by atoms with Crippen LogP contribution >= 0.6 is 24.0 Å². The summed E-state index contributed by atoms with van der Waals surface area (Å²) in [4.78, 5) is 4.02. The van der Waals surface area contributed by atoms with Gasteiger partial charge >= 0.3 is 6.36 Å². The summed E-state index contributed by atoms with van der Waals surface area (Å²) in [5.41, 5.74) is 6.13. The molecule has 0 aliphatic heterocycles. The lowest BCUT2D eigenvalue weighted by Crippen LogP contribution is -2.24. The van der Waals surface area contributed by atoms with Gasteiger partial charge in [0.15, 0.2) is 5.96 Å². The predicted molar refractivity (Wildman–Crippen MR) is 85.1 cm³/mol. The number of ether oxygens (including phenoxy) is 2. The van der Waals surface area contributed by atoms with Crippen molar-refractivity contribution in [2.75, 3.05) is 19.0 Å². The van der Waals surface area contributed by atoms with Crippen molar-refractivity contribution >= 4 is 35.6 Å². The lowest BCUT2D eigenvalue weighted by Gasteiger charge is -2.10. The predicted octanol–water partition coefficient (Wildman–Crippen LogP) is 2.96. The van der Waals surface area contributed by atoms with Gasteiger partial charge in [0, 0.05) is 12.8 Å². The van der Waals surface area contributed by atoms with Crippen LogP contribution in [-0.4, -0.2) is 32.1 Å². The van der Waals surface area contributed by atoms with E-state index in [2.05, 4.69) is 15.0 Å². The monoisotopic (exact) mass is 419 g/mol. The number of anilines is 1. The molecule has 1 aromatic carbocycles. The van der Waals surface area contributed by atoms with Crippen molar-refractivity contribution in [3.8, 4) is 5.75 Å². The summed E-state index contributed by atoms with van der Waals surface area (Å²) in [6.45, 7) is 2.21. The van der Waals surface area contributed by atoms with E-state index in [-0.39, 0.29) is 41.8 Å². The van der Waals surface area contributed by atoms with E-state index in [1.807, 2.05) is 6.92 Å². The largest absolute Gasteiger partial charge is 0.573 e. The Kier molecular flexibility index (Phi) is 8.40. The lowest BCUT2D eigenvalue weighted by molar-refractivity contribution is -0.274. The van der Waals surface area contributed by atoms with E-state index in [4.69, 9.17) is 10.5 Å². The highest BCUT2D eigenvalue weighted by Crippen LogP contribution is 2.23. The standard InChI is InChI=1S/C12H16F3N3O2.HI/c1-8(19-2)7-17-11(16)18-9-3-5-10(6-4-9)20-12(13,14)15;/h3-6,8H,7H2,1-2H3,(H3,16,17,18);1H. The van der Waals surface area contributed by atoms with Crippen LogP contribution in [0.2, 0.25) is 0 Å². The highest BCUT2D eigenvalue weighted by Gasteiger charge is 2.30. The van der Waals surface area contributed by atoms with Crippen LogP contribution in [0.3, 0.4) is 0 Å². The second kappa shape index (κ2) is 8.93. The maximum Gasteiger partial charge on any atom is 0.573 e. The molecule has 1 atom stereocenters. The molecule has 0 heterocycles. The number of aliphatic imine (C=N–C) groups is 1. The Labute approximate surface area is 137 Å². The molecule has 0 aliphatic carbocycles. The van der Waals surface area contributed by atoms with Crippen LogP contribution in [0.4, 0.5) is 18.9 Å². The Morgan fingerprint density at radius 3 is 2.38 bits per heavy atom. The van der Waals surface area contributed by atoms with Gasteiger partial charge in [-0.3, -0.25) is 4.99 Å². The molecule has 3 N–H and O–H groups in total. The van der Waals surface area contributed by atoms with Crippen molar-refractivity contribution in [1.82, 2.24) is 0 Å². The Hall–Kier alpha value is -1.23. The smallest absolute Gasteiger partial charge is 0.406 e. The molecule has 0 spiro atoms. The summed E-state index contributed by atoms with van der Waals surface area (Å²) in [6, 6.07) is 5.17. The van der Waals surface area contributed by atoms with E-state index in [1.165, 1.54) is 24.3 Å². The van der Waals surface area contributed by atoms with E-state index < -0.39 is 6.36 Å². The first kappa shape index (κ1) is 19.8. The molecule has 0 saturated carbocycles. The molecule has 0 bridgehead atoms. The Morgan fingerprint density at radius 1 is 1.33 bits per heavy atom. The van der Waals surface area contributed by atoms with Crippen molar-refractivity contribution in [2.24, 2.45) is 10.7 Å². The molecular weight excluding hydrogens is 402 g/mol. The third kappa shape index (κ3) is 8.60. The van der Waals surface area contributed by atoms with Gasteiger partial charge in [-0.1, -0.05) is 0 Å². The van der Waals surface area contributed by atoms with Crippen molar-refractivity contribution < 1.29 is 22.6 Å². The SMILES string of the molecule is COC(C)CN=C(N)Nc1ccc(OC(F)(F)F)cc1.I. The molecule has 1 rings (SSSR count). The maximum atomic E-state index is 12.0. The van der Waals surface area contributed by atoms with E-state index in [1.54, 1.807) is 7.11 Å². The van der Waals surface area contributed by atoms with Gasteiger partial charge in [0.1, 0.15) is 5.75 Å². The minimum Gasteiger partial charge on any atom is -0.406 e. The van der Waals surface area contributed by atoms with E-state index in [0.717, 1.165) is 0 Å². The third-order valence-corrected chi connectivity index (χ3v) is 2.28. The number of alkyl halides is 3. The number of nitrogens with zero attached hydrogens (tertiary/aromatic N) is 1. The Balaban J connectivity index is 0.00000400. The van der Waals surface area contributed by atoms with E-state index in [0.29, 0.717) is 12.2 Å². The highest BCUT2D eigenvalue weighted by atomic mass is 127. The summed E-state index contributed by atoms with van der Waals surface area (Å²) in [5, 5.41) is 2.75. The molecule has 21 heavy (non-hydrogen) atoms. The van der Waals surface area contributed by atoms with Gasteiger partial charge < -0.3 is 20.5 Å². The summed E-state index contributed by atoms with van der Waals surface area (Å²) in [5.74, 6) is -0.148. The number of nitrogens with one attached hydrogen (secondary N) is 1. The van der Waals surface area contributed by atoms with Crippen molar-refractivity contribution in [3.63, 3.8) is 0 Å².